The molecule has 1 aliphatic heterocycles. The van der Waals surface area contributed by atoms with E-state index in [1.54, 1.807) is 25.4 Å². The average molecular weight is 543 g/mol. The number of carbonyl (C=O) groups excluding carboxylic acids is 1. The second-order valence-electron chi connectivity index (χ2n) is 7.44. The van der Waals surface area contributed by atoms with Crippen molar-refractivity contribution < 1.29 is 13.6 Å². The highest BCUT2D eigenvalue weighted by atomic mass is 127. The van der Waals surface area contributed by atoms with Crippen LogP contribution in [0.15, 0.2) is 39.9 Å². The lowest BCUT2D eigenvalue weighted by Crippen LogP contribution is -2.46. The van der Waals surface area contributed by atoms with Crippen molar-refractivity contribution in [3.05, 3.63) is 42.0 Å². The van der Waals surface area contributed by atoms with Gasteiger partial charge in [0.2, 0.25) is 11.8 Å². The highest BCUT2D eigenvalue weighted by Crippen LogP contribution is 2.21. The number of likely N-dealkylation sites (tertiary alicyclic amines) is 1. The van der Waals surface area contributed by atoms with Gasteiger partial charge >= 0.3 is 0 Å². The monoisotopic (exact) mass is 543 g/mol. The van der Waals surface area contributed by atoms with Gasteiger partial charge in [-0.3, -0.25) is 9.79 Å². The van der Waals surface area contributed by atoms with Crippen molar-refractivity contribution in [1.82, 2.24) is 20.5 Å². The maximum Gasteiger partial charge on any atom is 0.226 e. The van der Waals surface area contributed by atoms with Crippen LogP contribution in [0.4, 0.5) is 4.39 Å². The number of halogens is 2. The molecule has 31 heavy (non-hydrogen) atoms. The molecule has 0 saturated carbocycles. The molecule has 9 heteroatoms. The number of carbonyl (C=O) groups is 1. The van der Waals surface area contributed by atoms with E-state index in [0.717, 1.165) is 49.7 Å². The molecular weight excluding hydrogens is 512 g/mol. The van der Waals surface area contributed by atoms with Crippen molar-refractivity contribution in [3.63, 3.8) is 0 Å². The van der Waals surface area contributed by atoms with Gasteiger partial charge in [0.15, 0.2) is 5.96 Å². The minimum absolute atomic E-state index is 0. The van der Waals surface area contributed by atoms with Crippen LogP contribution in [-0.2, 0) is 11.2 Å². The molecule has 1 fully saturated rings. The fourth-order valence-corrected chi connectivity index (χ4v) is 3.56. The highest BCUT2D eigenvalue weighted by molar-refractivity contribution is 14.0. The lowest BCUT2D eigenvalue weighted by molar-refractivity contribution is -0.121. The summed E-state index contributed by atoms with van der Waals surface area (Å²) in [5.74, 6) is 1.65. The fraction of sp³-hybridized carbons (Fsp3) is 0.500. The largest absolute Gasteiger partial charge is 0.444 e. The third kappa shape index (κ3) is 7.48. The molecule has 0 aliphatic carbocycles. The standard InChI is InChI=1S/C22H30FN5O2.HI/c1-3-25-22(28-12-9-16(10-13-28)14-20(29)24-2)26-11-8-19-15-30-21(27-19)17-4-6-18(23)7-5-17;/h4-7,15-16H,3,8-14H2,1-2H3,(H,24,29)(H,25,26);1H. The van der Waals surface area contributed by atoms with E-state index in [9.17, 15) is 9.18 Å². The molecule has 1 aromatic heterocycles. The van der Waals surface area contributed by atoms with Crippen LogP contribution in [0, 0.1) is 11.7 Å². The van der Waals surface area contributed by atoms with Gasteiger partial charge in [-0.1, -0.05) is 0 Å². The number of aromatic nitrogens is 1. The zero-order valence-electron chi connectivity index (χ0n) is 18.1. The topological polar surface area (TPSA) is 82.8 Å². The Morgan fingerprint density at radius 1 is 1.29 bits per heavy atom. The molecule has 1 amide bonds. The minimum atomic E-state index is -0.284. The van der Waals surface area contributed by atoms with Crippen molar-refractivity contribution in [3.8, 4) is 11.5 Å². The van der Waals surface area contributed by atoms with Crippen molar-refractivity contribution in [2.45, 2.75) is 32.6 Å². The smallest absolute Gasteiger partial charge is 0.226 e. The second-order valence-corrected chi connectivity index (χ2v) is 7.44. The fourth-order valence-electron chi connectivity index (χ4n) is 3.56. The van der Waals surface area contributed by atoms with E-state index in [1.807, 2.05) is 0 Å². The number of nitrogens with zero attached hydrogens (tertiary/aromatic N) is 3. The van der Waals surface area contributed by atoms with Gasteiger partial charge in [0.25, 0.3) is 0 Å². The van der Waals surface area contributed by atoms with Crippen LogP contribution < -0.4 is 10.6 Å². The number of guanidine groups is 1. The molecule has 2 aromatic rings. The predicted octanol–water partition coefficient (Wildman–Crippen LogP) is 3.45. The van der Waals surface area contributed by atoms with Crippen LogP contribution in [0.25, 0.3) is 11.5 Å². The number of aliphatic imine (C=N–C) groups is 1. The summed E-state index contributed by atoms with van der Waals surface area (Å²) in [6.45, 7) is 5.24. The zero-order valence-corrected chi connectivity index (χ0v) is 20.4. The van der Waals surface area contributed by atoms with Crippen LogP contribution in [0.2, 0.25) is 0 Å². The molecule has 7 nitrogen and oxygen atoms in total. The van der Waals surface area contributed by atoms with E-state index < -0.39 is 0 Å². The summed E-state index contributed by atoms with van der Waals surface area (Å²) in [6, 6.07) is 6.09. The van der Waals surface area contributed by atoms with Gasteiger partial charge in [-0.15, -0.1) is 24.0 Å². The molecule has 0 unspecified atom stereocenters. The maximum atomic E-state index is 13.1. The first-order chi connectivity index (χ1) is 14.6. The third-order valence-electron chi connectivity index (χ3n) is 5.27. The molecule has 0 atom stereocenters. The summed E-state index contributed by atoms with van der Waals surface area (Å²) in [7, 11) is 1.69. The van der Waals surface area contributed by atoms with Crippen LogP contribution in [-0.4, -0.2) is 55.0 Å². The van der Waals surface area contributed by atoms with Gasteiger partial charge in [-0.2, -0.15) is 0 Å². The molecule has 0 radical (unpaired) electrons. The van der Waals surface area contributed by atoms with Gasteiger partial charge in [-0.25, -0.2) is 9.37 Å². The number of hydrogen-bond donors (Lipinski definition) is 2. The van der Waals surface area contributed by atoms with E-state index in [1.165, 1.54) is 12.1 Å². The highest BCUT2D eigenvalue weighted by Gasteiger charge is 2.23. The Morgan fingerprint density at radius 2 is 2.00 bits per heavy atom. The first kappa shape index (κ1) is 25.1. The third-order valence-corrected chi connectivity index (χ3v) is 5.27. The van der Waals surface area contributed by atoms with Crippen molar-refractivity contribution in [2.24, 2.45) is 10.9 Å². The van der Waals surface area contributed by atoms with Gasteiger partial charge in [0.05, 0.1) is 5.69 Å². The van der Waals surface area contributed by atoms with Crippen LogP contribution in [0.1, 0.15) is 31.9 Å². The molecule has 170 valence electrons. The molecule has 1 saturated heterocycles. The van der Waals surface area contributed by atoms with Crippen molar-refractivity contribution in [1.29, 1.82) is 0 Å². The maximum absolute atomic E-state index is 13.1. The summed E-state index contributed by atoms with van der Waals surface area (Å²) in [5, 5.41) is 6.06. The Morgan fingerprint density at radius 3 is 2.65 bits per heavy atom. The normalized spacial score (nSPS) is 14.8. The molecule has 1 aliphatic rings. The number of rotatable bonds is 7. The van der Waals surface area contributed by atoms with Gasteiger partial charge in [0.1, 0.15) is 12.1 Å². The summed E-state index contributed by atoms with van der Waals surface area (Å²) in [6.07, 6.45) is 4.86. The van der Waals surface area contributed by atoms with Gasteiger partial charge < -0.3 is 20.0 Å². The van der Waals surface area contributed by atoms with E-state index in [-0.39, 0.29) is 35.7 Å². The molecule has 2 heterocycles. The molecular formula is C22H31FIN5O2. The number of oxazole rings is 1. The van der Waals surface area contributed by atoms with Crippen molar-refractivity contribution in [2.75, 3.05) is 33.2 Å². The number of hydrogen-bond acceptors (Lipinski definition) is 4. The van der Waals surface area contributed by atoms with Crippen LogP contribution in [0.5, 0.6) is 0 Å². The Kier molecular flexibility index (Phi) is 10.2. The zero-order chi connectivity index (χ0) is 21.3. The summed E-state index contributed by atoms with van der Waals surface area (Å²) in [5.41, 5.74) is 1.57. The molecule has 3 rings (SSSR count). The van der Waals surface area contributed by atoms with E-state index in [0.29, 0.717) is 31.2 Å². The Hall–Kier alpha value is -2.17. The van der Waals surface area contributed by atoms with Crippen LogP contribution >= 0.6 is 24.0 Å². The number of amides is 1. The first-order valence-corrected chi connectivity index (χ1v) is 10.5. The van der Waals surface area contributed by atoms with Gasteiger partial charge in [0, 0.05) is 51.6 Å². The Balaban J connectivity index is 0.00000341. The number of benzene rings is 1. The second kappa shape index (κ2) is 12.6. The molecule has 0 bridgehead atoms. The SMILES string of the molecule is CCNC(=NCCc1coc(-c2ccc(F)cc2)n1)N1CCC(CC(=O)NC)CC1.I. The lowest BCUT2D eigenvalue weighted by atomic mass is 9.93. The average Bonchev–Trinajstić information content (AvgIpc) is 3.23. The predicted molar refractivity (Wildman–Crippen MR) is 130 cm³/mol. The van der Waals surface area contributed by atoms with E-state index in [4.69, 9.17) is 9.41 Å². The Bertz CT molecular complexity index is 848. The van der Waals surface area contributed by atoms with Crippen LogP contribution in [0.3, 0.4) is 0 Å². The van der Waals surface area contributed by atoms with Gasteiger partial charge in [-0.05, 0) is 49.9 Å². The molecule has 0 spiro atoms. The minimum Gasteiger partial charge on any atom is -0.444 e. The van der Waals surface area contributed by atoms with E-state index in [2.05, 4.69) is 27.4 Å². The summed E-state index contributed by atoms with van der Waals surface area (Å²) in [4.78, 5) is 23.1. The Labute approximate surface area is 199 Å². The van der Waals surface area contributed by atoms with E-state index >= 15 is 0 Å². The van der Waals surface area contributed by atoms with Crippen molar-refractivity contribution >= 4 is 35.8 Å². The lowest BCUT2D eigenvalue weighted by Gasteiger charge is -2.34. The first-order valence-electron chi connectivity index (χ1n) is 10.5. The number of piperidine rings is 1. The quantitative estimate of drug-likeness (QED) is 0.318. The number of nitrogens with one attached hydrogen (secondary N) is 2. The summed E-state index contributed by atoms with van der Waals surface area (Å²) < 4.78 is 18.6. The molecule has 2 N–H and O–H groups in total. The molecule has 1 aromatic carbocycles. The summed E-state index contributed by atoms with van der Waals surface area (Å²) >= 11 is 0.